The molecule has 0 spiro atoms. The molecule has 10 bridgehead atoms. The Morgan fingerprint density at radius 2 is 0.776 bits per heavy atom. The Balaban J connectivity index is 1.43. The van der Waals surface area contributed by atoms with Crippen LogP contribution in [0.25, 0.3) is 78.6 Å². The van der Waals surface area contributed by atoms with Crippen LogP contribution < -0.4 is 0 Å². The van der Waals surface area contributed by atoms with Crippen molar-refractivity contribution in [2.75, 3.05) is 0 Å². The van der Waals surface area contributed by atoms with Crippen LogP contribution in [0.5, 0.6) is 0 Å². The topological polar surface area (TPSA) is 73.4 Å². The number of fused-ring (bicyclic) bond motifs is 12. The molecule has 6 heterocycles. The number of H-pyrrole nitrogens is 3. The number of aryl methyl sites for hydroxylation is 5. The summed E-state index contributed by atoms with van der Waals surface area (Å²) in [4.78, 5) is 16.4. The molecule has 4 aromatic heterocycles. The highest BCUT2D eigenvalue weighted by Crippen LogP contribution is 2.37. The van der Waals surface area contributed by atoms with Crippen LogP contribution >= 0.6 is 0 Å². The van der Waals surface area contributed by atoms with Crippen LogP contribution in [0.3, 0.4) is 0 Å². The molecule has 3 aromatic carbocycles. The van der Waals surface area contributed by atoms with Crippen molar-refractivity contribution in [1.29, 1.82) is 0 Å². The average Bonchev–Trinajstić information content (AvgIpc) is 3.96. The molecule has 0 amide bonds. The third kappa shape index (κ3) is 5.24. The Hall–Kier alpha value is -6.07. The van der Waals surface area contributed by atoms with Gasteiger partial charge < -0.3 is 19.4 Å². The smallest absolute Gasteiger partial charge is 0.114 e. The van der Waals surface area contributed by atoms with Gasteiger partial charge in [0, 0.05) is 46.1 Å². The van der Waals surface area contributed by atoms with Gasteiger partial charge in [0.05, 0.1) is 27.9 Å². The van der Waals surface area contributed by atoms with Crippen molar-refractivity contribution in [3.05, 3.63) is 149 Å². The maximum Gasteiger partial charge on any atom is 0.114 e. The normalized spacial score (nSPS) is 12.6. The summed E-state index contributed by atoms with van der Waals surface area (Å²) in [7, 11) is 0. The monoisotopic (exact) mass is 636 g/mol. The predicted octanol–water partition coefficient (Wildman–Crippen LogP) is 11.4. The van der Waals surface area contributed by atoms with Gasteiger partial charge in [0.2, 0.25) is 0 Å². The number of benzene rings is 3. The van der Waals surface area contributed by atoms with Crippen LogP contribution in [0.15, 0.2) is 114 Å². The molecule has 0 saturated carbocycles. The lowest BCUT2D eigenvalue weighted by molar-refractivity contribution is 0.527. The van der Waals surface area contributed by atoms with Crippen LogP contribution in [-0.4, -0.2) is 19.9 Å². The Bertz CT molecular complexity index is 2610. The van der Waals surface area contributed by atoms with E-state index in [9.17, 15) is 0 Å². The van der Waals surface area contributed by atoms with E-state index >= 15 is 0 Å². The van der Waals surface area contributed by atoms with Gasteiger partial charge in [-0.2, -0.15) is 0 Å². The molecule has 9 rings (SSSR count). The maximum absolute atomic E-state index is 6.96. The van der Waals surface area contributed by atoms with Crippen LogP contribution in [0, 0.1) is 20.8 Å². The minimum atomic E-state index is 0.795. The molecule has 2 aliphatic rings. The highest BCUT2D eigenvalue weighted by molar-refractivity contribution is 5.95. The average molecular weight is 637 g/mol. The van der Waals surface area contributed by atoms with Crippen molar-refractivity contribution in [3.63, 3.8) is 0 Å². The third-order valence-electron chi connectivity index (χ3n) is 9.73. The van der Waals surface area contributed by atoms with E-state index in [4.69, 9.17) is 9.40 Å². The molecule has 5 heteroatoms. The largest absolute Gasteiger partial charge is 0.465 e. The fourth-order valence-electron chi connectivity index (χ4n) is 7.10. The first kappa shape index (κ1) is 29.1. The Labute approximate surface area is 284 Å². The van der Waals surface area contributed by atoms with Crippen molar-refractivity contribution in [2.24, 2.45) is 0 Å². The fourth-order valence-corrected chi connectivity index (χ4v) is 7.10. The Kier molecular flexibility index (Phi) is 6.87. The summed E-state index contributed by atoms with van der Waals surface area (Å²) in [5.41, 5.74) is 18.1. The molecular formula is C44H36N4O. The molecule has 238 valence electrons. The molecule has 0 atom stereocenters. The molecule has 3 N–H and O–H groups in total. The summed E-state index contributed by atoms with van der Waals surface area (Å²) < 4.78 is 6.96. The van der Waals surface area contributed by atoms with Crippen molar-refractivity contribution in [3.8, 4) is 33.4 Å². The molecule has 0 fully saturated rings. The second-order valence-electron chi connectivity index (χ2n) is 13.2. The summed E-state index contributed by atoms with van der Waals surface area (Å²) in [6, 6.07) is 39.1. The molecule has 49 heavy (non-hydrogen) atoms. The minimum Gasteiger partial charge on any atom is -0.465 e. The summed E-state index contributed by atoms with van der Waals surface area (Å²) in [6.45, 7) is 6.37. The van der Waals surface area contributed by atoms with Crippen molar-refractivity contribution in [2.45, 2.75) is 33.6 Å². The number of nitrogens with one attached hydrogen (secondary N) is 3. The second kappa shape index (κ2) is 11.6. The van der Waals surface area contributed by atoms with Crippen LogP contribution in [0.2, 0.25) is 0 Å². The molecule has 7 aromatic rings. The summed E-state index contributed by atoms with van der Waals surface area (Å²) in [5.74, 6) is 1.93. The van der Waals surface area contributed by atoms with Gasteiger partial charge in [-0.3, -0.25) is 0 Å². The molecule has 0 unspecified atom stereocenters. The van der Waals surface area contributed by atoms with Gasteiger partial charge in [-0.05, 0) is 86.0 Å². The molecule has 0 saturated heterocycles. The zero-order chi connectivity index (χ0) is 33.1. The lowest BCUT2D eigenvalue weighted by Gasteiger charge is -2.06. The first-order valence-electron chi connectivity index (χ1n) is 16.9. The Morgan fingerprint density at radius 3 is 1.27 bits per heavy atom. The zero-order valence-electron chi connectivity index (χ0n) is 27.8. The van der Waals surface area contributed by atoms with Crippen LogP contribution in [0.4, 0.5) is 0 Å². The SMILES string of the molecule is Cc1ccc(-c2c3nc(c4ccc([nH]4)c(-c4ccc(C)cc4)c4oc(c(-c5ccc(C)cc5)c5ccc([nH]5)c5ccc2[nH]5)CC4)C=C3)cc1. The van der Waals surface area contributed by atoms with Gasteiger partial charge in [-0.15, -0.1) is 0 Å². The number of nitrogens with zero attached hydrogens (tertiary/aromatic N) is 1. The minimum absolute atomic E-state index is 0.795. The zero-order valence-corrected chi connectivity index (χ0v) is 27.8. The molecule has 0 radical (unpaired) electrons. The lowest BCUT2D eigenvalue weighted by Crippen LogP contribution is -1.88. The Morgan fingerprint density at radius 1 is 0.408 bits per heavy atom. The summed E-state index contributed by atoms with van der Waals surface area (Å²) in [5, 5.41) is 0. The summed E-state index contributed by atoms with van der Waals surface area (Å²) in [6.07, 6.45) is 5.82. The van der Waals surface area contributed by atoms with Gasteiger partial charge in [-0.1, -0.05) is 89.5 Å². The highest BCUT2D eigenvalue weighted by atomic mass is 16.3. The molecule has 5 nitrogen and oxygen atoms in total. The molecule has 2 aliphatic heterocycles. The van der Waals surface area contributed by atoms with E-state index in [-0.39, 0.29) is 0 Å². The first-order chi connectivity index (χ1) is 24.0. The number of hydrogen-bond acceptors (Lipinski definition) is 2. The van der Waals surface area contributed by atoms with Gasteiger partial charge in [-0.25, -0.2) is 4.98 Å². The van der Waals surface area contributed by atoms with Crippen molar-refractivity contribution in [1.82, 2.24) is 19.9 Å². The van der Waals surface area contributed by atoms with E-state index in [1.165, 1.54) is 16.7 Å². The number of rotatable bonds is 3. The standard InChI is InChI=1S/C44H36N4O/c1-26-4-10-29(11-5-26)42-36-20-16-32(45-36)34-18-22-38(47-34)43(30-12-6-27(2)7-13-30)40-24-25-41(49-40)44(31-14-8-28(3)9-15-31)39-23-19-35(48-39)33-17-21-37(42)46-33/h4-23,45,47-48H,24-25H2,1-3H3. The number of aromatic nitrogens is 4. The van der Waals surface area contributed by atoms with Gasteiger partial charge >= 0.3 is 0 Å². The van der Waals surface area contributed by atoms with Crippen LogP contribution in [0.1, 0.15) is 39.6 Å². The van der Waals surface area contributed by atoms with Crippen molar-refractivity contribution < 1.29 is 4.42 Å². The van der Waals surface area contributed by atoms with E-state index in [1.807, 2.05) is 0 Å². The number of aromatic amines is 3. The second-order valence-corrected chi connectivity index (χ2v) is 13.2. The van der Waals surface area contributed by atoms with Crippen LogP contribution in [-0.2, 0) is 12.8 Å². The third-order valence-corrected chi connectivity index (χ3v) is 9.73. The number of hydrogen-bond donors (Lipinski definition) is 3. The van der Waals surface area contributed by atoms with E-state index in [0.29, 0.717) is 0 Å². The first-order valence-corrected chi connectivity index (χ1v) is 16.9. The van der Waals surface area contributed by atoms with Crippen molar-refractivity contribution >= 4 is 45.3 Å². The predicted molar refractivity (Wildman–Crippen MR) is 203 cm³/mol. The highest BCUT2D eigenvalue weighted by Gasteiger charge is 2.21. The summed E-state index contributed by atoms with van der Waals surface area (Å²) >= 11 is 0. The lowest BCUT2D eigenvalue weighted by atomic mass is 9.99. The van der Waals surface area contributed by atoms with E-state index in [2.05, 4.69) is 157 Å². The molecule has 0 aliphatic carbocycles. The maximum atomic E-state index is 6.96. The van der Waals surface area contributed by atoms with Gasteiger partial charge in [0.15, 0.2) is 0 Å². The van der Waals surface area contributed by atoms with E-state index < -0.39 is 0 Å². The van der Waals surface area contributed by atoms with E-state index in [1.54, 1.807) is 0 Å². The van der Waals surface area contributed by atoms with Gasteiger partial charge in [0.25, 0.3) is 0 Å². The fraction of sp³-hybridized carbons (Fsp3) is 0.114. The van der Waals surface area contributed by atoms with E-state index in [0.717, 1.165) is 102 Å². The van der Waals surface area contributed by atoms with Gasteiger partial charge in [0.1, 0.15) is 11.5 Å². The quantitative estimate of drug-likeness (QED) is 0.180. The molecular weight excluding hydrogens is 601 g/mol.